The first-order valence-electron chi connectivity index (χ1n) is 14.5. The van der Waals surface area contributed by atoms with Crippen LogP contribution in [0.15, 0.2) is 138 Å². The summed E-state index contributed by atoms with van der Waals surface area (Å²) in [5.74, 6) is 0.313. The number of nitrogens with one attached hydrogen (secondary N) is 2. The van der Waals surface area contributed by atoms with Gasteiger partial charge in [0.05, 0.1) is 20.0 Å². The van der Waals surface area contributed by atoms with Gasteiger partial charge in [-0.3, -0.25) is 14.4 Å². The summed E-state index contributed by atoms with van der Waals surface area (Å²) < 4.78 is 10.7. The Morgan fingerprint density at radius 1 is 0.674 bits per heavy atom. The first-order chi connectivity index (χ1) is 22.4. The highest BCUT2D eigenvalue weighted by Crippen LogP contribution is 2.29. The van der Waals surface area contributed by atoms with E-state index in [1.165, 1.54) is 26.0 Å². The van der Waals surface area contributed by atoms with Crippen LogP contribution in [-0.4, -0.2) is 37.6 Å². The van der Waals surface area contributed by atoms with Crippen LogP contribution in [0.3, 0.4) is 0 Å². The zero-order valence-electron chi connectivity index (χ0n) is 25.4. The lowest BCUT2D eigenvalue weighted by Crippen LogP contribution is -2.30. The van der Waals surface area contributed by atoms with Crippen LogP contribution >= 0.6 is 11.8 Å². The molecule has 0 spiro atoms. The molecule has 0 radical (unpaired) electrons. The number of hydrogen-bond donors (Lipinski definition) is 2. The van der Waals surface area contributed by atoms with Crippen LogP contribution in [0, 0.1) is 0 Å². The third-order valence-corrected chi connectivity index (χ3v) is 8.02. The molecule has 5 aromatic carbocycles. The van der Waals surface area contributed by atoms with E-state index in [-0.39, 0.29) is 17.2 Å². The van der Waals surface area contributed by atoms with Crippen molar-refractivity contribution in [2.45, 2.75) is 4.90 Å². The van der Waals surface area contributed by atoms with Gasteiger partial charge in [-0.15, -0.1) is 11.8 Å². The van der Waals surface area contributed by atoms with E-state index in [1.54, 1.807) is 66.7 Å². The number of methoxy groups -OCH3 is 2. The minimum Gasteiger partial charge on any atom is -0.493 e. The fourth-order valence-electron chi connectivity index (χ4n) is 4.63. The Kier molecular flexibility index (Phi) is 10.7. The lowest BCUT2D eigenvalue weighted by Gasteiger charge is -2.13. The van der Waals surface area contributed by atoms with E-state index in [1.807, 2.05) is 66.7 Å². The number of carbonyl (C=O) groups excluding carboxylic acids is 3. The summed E-state index contributed by atoms with van der Waals surface area (Å²) in [6.45, 7) is 0. The van der Waals surface area contributed by atoms with Gasteiger partial charge < -0.3 is 20.1 Å². The number of carbonyl (C=O) groups is 3. The monoisotopic (exact) mass is 628 g/mol. The summed E-state index contributed by atoms with van der Waals surface area (Å²) in [7, 11) is 3.06. The number of ketones is 1. The Balaban J connectivity index is 1.29. The van der Waals surface area contributed by atoms with Crippen molar-refractivity contribution in [1.82, 2.24) is 5.32 Å². The van der Waals surface area contributed by atoms with Crippen LogP contribution in [-0.2, 0) is 4.79 Å². The molecule has 0 atom stereocenters. The number of ether oxygens (including phenoxy) is 2. The van der Waals surface area contributed by atoms with Crippen molar-refractivity contribution in [3.63, 3.8) is 0 Å². The predicted molar refractivity (Wildman–Crippen MR) is 183 cm³/mol. The molecule has 5 rings (SSSR count). The number of rotatable bonds is 12. The second-order valence-corrected chi connectivity index (χ2v) is 11.2. The zero-order valence-corrected chi connectivity index (χ0v) is 26.2. The van der Waals surface area contributed by atoms with Gasteiger partial charge in [0.15, 0.2) is 17.3 Å². The van der Waals surface area contributed by atoms with Gasteiger partial charge in [-0.2, -0.15) is 0 Å². The predicted octanol–water partition coefficient (Wildman–Crippen LogP) is 7.76. The van der Waals surface area contributed by atoms with Crippen LogP contribution in [0.1, 0.15) is 26.3 Å². The molecule has 0 saturated carbocycles. The molecule has 0 aliphatic carbocycles. The Bertz CT molecular complexity index is 1860. The fraction of sp³-hybridized carbons (Fsp3) is 0.0789. The van der Waals surface area contributed by atoms with Crippen LogP contribution in [0.5, 0.6) is 11.5 Å². The first-order valence-corrected chi connectivity index (χ1v) is 15.4. The van der Waals surface area contributed by atoms with Crippen LogP contribution in [0.25, 0.3) is 17.2 Å². The van der Waals surface area contributed by atoms with Crippen molar-refractivity contribution in [3.05, 3.63) is 150 Å². The van der Waals surface area contributed by atoms with Crippen molar-refractivity contribution < 1.29 is 23.9 Å². The molecule has 5 aromatic rings. The van der Waals surface area contributed by atoms with E-state index in [2.05, 4.69) is 10.6 Å². The molecule has 2 N–H and O–H groups in total. The number of anilines is 1. The Hall–Kier alpha value is -5.60. The van der Waals surface area contributed by atoms with E-state index in [4.69, 9.17) is 9.47 Å². The lowest BCUT2D eigenvalue weighted by atomic mass is 10.0. The zero-order chi connectivity index (χ0) is 32.3. The Morgan fingerprint density at radius 3 is 2.04 bits per heavy atom. The summed E-state index contributed by atoms with van der Waals surface area (Å²) in [6, 6.07) is 38.7. The minimum absolute atomic E-state index is 0.00261. The van der Waals surface area contributed by atoms with Gasteiger partial charge in [-0.25, -0.2) is 0 Å². The fourth-order valence-corrected chi connectivity index (χ4v) is 5.47. The molecule has 0 aliphatic rings. The second-order valence-electron chi connectivity index (χ2n) is 10.1. The number of thioether (sulfide) groups is 1. The molecule has 46 heavy (non-hydrogen) atoms. The molecule has 230 valence electrons. The van der Waals surface area contributed by atoms with Gasteiger partial charge in [0.1, 0.15) is 5.70 Å². The van der Waals surface area contributed by atoms with Crippen molar-refractivity contribution in [1.29, 1.82) is 0 Å². The SMILES string of the molecule is COc1ccc(/C=C(\NC(=O)c2ccccc2)C(=O)Nc2cccc(SCC(=O)c3ccc(-c4ccccc4)cc3)c2)cc1OC. The molecule has 0 aliphatic heterocycles. The third kappa shape index (κ3) is 8.31. The number of amides is 2. The summed E-state index contributed by atoms with van der Waals surface area (Å²) in [5, 5.41) is 5.62. The van der Waals surface area contributed by atoms with E-state index in [0.717, 1.165) is 16.0 Å². The van der Waals surface area contributed by atoms with Crippen molar-refractivity contribution in [3.8, 4) is 22.6 Å². The molecule has 8 heteroatoms. The maximum Gasteiger partial charge on any atom is 0.272 e. The Labute approximate surface area is 272 Å². The van der Waals surface area contributed by atoms with Gasteiger partial charge in [-0.05, 0) is 65.2 Å². The standard InChI is InChI=1S/C38H32N2O5S/c1-44-35-21-16-26(23-36(35)45-2)22-33(40-37(42)30-12-7-4-8-13-30)38(43)39-31-14-9-15-32(24-31)46-25-34(41)29-19-17-28(18-20-29)27-10-5-3-6-11-27/h3-24H,25H2,1-2H3,(H,39,43)(H,40,42)/b33-22-. The number of Topliss-reactive ketones (excluding diaryl/α,β-unsaturated/α-hetero) is 1. The molecular weight excluding hydrogens is 596 g/mol. The quantitative estimate of drug-likeness (QED) is 0.0834. The highest BCUT2D eigenvalue weighted by molar-refractivity contribution is 8.00. The van der Waals surface area contributed by atoms with E-state index >= 15 is 0 Å². The lowest BCUT2D eigenvalue weighted by molar-refractivity contribution is -0.113. The van der Waals surface area contributed by atoms with Crippen molar-refractivity contribution >= 4 is 41.1 Å². The molecule has 0 heterocycles. The Morgan fingerprint density at radius 2 is 1.35 bits per heavy atom. The highest BCUT2D eigenvalue weighted by Gasteiger charge is 2.16. The molecule has 0 fully saturated rings. The minimum atomic E-state index is -0.518. The number of hydrogen-bond acceptors (Lipinski definition) is 6. The molecule has 0 aromatic heterocycles. The highest BCUT2D eigenvalue weighted by atomic mass is 32.2. The average molecular weight is 629 g/mol. The molecule has 7 nitrogen and oxygen atoms in total. The van der Waals surface area contributed by atoms with Crippen molar-refractivity contribution in [2.24, 2.45) is 0 Å². The van der Waals surface area contributed by atoms with Crippen LogP contribution in [0.4, 0.5) is 5.69 Å². The van der Waals surface area contributed by atoms with Gasteiger partial charge >= 0.3 is 0 Å². The first kappa shape index (κ1) is 31.8. The largest absolute Gasteiger partial charge is 0.493 e. The van der Waals surface area contributed by atoms with Gasteiger partial charge in [0, 0.05) is 21.7 Å². The maximum atomic E-state index is 13.5. The molecule has 2 amide bonds. The molecule has 0 saturated heterocycles. The topological polar surface area (TPSA) is 93.7 Å². The average Bonchev–Trinajstić information content (AvgIpc) is 3.11. The third-order valence-electron chi connectivity index (χ3n) is 7.02. The van der Waals surface area contributed by atoms with Gasteiger partial charge in [0.2, 0.25) is 0 Å². The number of benzene rings is 5. The van der Waals surface area contributed by atoms with Gasteiger partial charge in [-0.1, -0.05) is 84.9 Å². The van der Waals surface area contributed by atoms with Crippen LogP contribution in [0.2, 0.25) is 0 Å². The van der Waals surface area contributed by atoms with E-state index < -0.39 is 11.8 Å². The second kappa shape index (κ2) is 15.4. The smallest absolute Gasteiger partial charge is 0.272 e. The summed E-state index contributed by atoms with van der Waals surface area (Å²) in [4.78, 5) is 40.3. The molecule has 0 unspecified atom stereocenters. The normalized spacial score (nSPS) is 11.0. The van der Waals surface area contributed by atoms with Crippen molar-refractivity contribution in [2.75, 3.05) is 25.3 Å². The van der Waals surface area contributed by atoms with E-state index in [9.17, 15) is 14.4 Å². The summed E-state index contributed by atoms with van der Waals surface area (Å²) >= 11 is 1.38. The summed E-state index contributed by atoms with van der Waals surface area (Å²) in [6.07, 6.45) is 1.57. The van der Waals surface area contributed by atoms with Crippen LogP contribution < -0.4 is 20.1 Å². The van der Waals surface area contributed by atoms with E-state index in [0.29, 0.717) is 33.9 Å². The summed E-state index contributed by atoms with van der Waals surface area (Å²) in [5.41, 5.74) is 4.36. The molecular formula is C38H32N2O5S. The van der Waals surface area contributed by atoms with Gasteiger partial charge in [0.25, 0.3) is 11.8 Å². The molecule has 0 bridgehead atoms. The maximum absolute atomic E-state index is 13.5.